The maximum Gasteiger partial charge on any atom is 0.168 e. The number of aromatic nitrogens is 2. The number of hydrogen-bond donors (Lipinski definition) is 1. The van der Waals surface area contributed by atoms with Gasteiger partial charge in [-0.3, -0.25) is 4.40 Å². The molecule has 0 aliphatic heterocycles. The Morgan fingerprint density at radius 2 is 1.91 bits per heavy atom. The second-order valence-electron chi connectivity index (χ2n) is 5.62. The number of imidazole rings is 1. The lowest BCUT2D eigenvalue weighted by molar-refractivity contribution is 0.311. The number of rotatable bonds is 5. The average Bonchev–Trinajstić information content (AvgIpc) is 2.93. The van der Waals surface area contributed by atoms with E-state index in [9.17, 15) is 5.26 Å². The maximum absolute atomic E-state index is 9.44. The van der Waals surface area contributed by atoms with E-state index in [0.717, 1.165) is 5.65 Å². The number of likely N-dealkylation sites (N-methyl/N-ethyl adjacent to an activating group) is 1. The summed E-state index contributed by atoms with van der Waals surface area (Å²) in [6.07, 6.45) is 1.85. The molecule has 0 saturated carbocycles. The van der Waals surface area contributed by atoms with E-state index in [1.807, 2.05) is 56.7 Å². The highest BCUT2D eigenvalue weighted by Gasteiger charge is 2.16. The molecule has 0 amide bonds. The van der Waals surface area contributed by atoms with Gasteiger partial charge >= 0.3 is 0 Å². The highest BCUT2D eigenvalue weighted by Crippen LogP contribution is 2.21. The Morgan fingerprint density at radius 1 is 1.17 bits per heavy atom. The third-order valence-electron chi connectivity index (χ3n) is 3.91. The number of fused-ring (bicyclic) bond motifs is 1. The molecule has 1 N–H and O–H groups in total. The van der Waals surface area contributed by atoms with Crippen LogP contribution in [0.4, 0.5) is 5.82 Å². The molecule has 2 heterocycles. The number of anilines is 1. The van der Waals surface area contributed by atoms with E-state index in [1.54, 1.807) is 4.40 Å². The molecule has 1 aromatic carbocycles. The lowest BCUT2D eigenvalue weighted by Gasteiger charge is -2.25. The molecule has 0 aliphatic carbocycles. The van der Waals surface area contributed by atoms with Gasteiger partial charge in [0, 0.05) is 12.7 Å². The van der Waals surface area contributed by atoms with E-state index in [-0.39, 0.29) is 6.04 Å². The standard InChI is InChI=1S/C18H19N5/c1-22(2)16(14-8-4-3-5-9-14)13-20-18-15(12-19)23-11-7-6-10-17(23)21-18/h3-11,16,20H,13H2,1-2H3. The monoisotopic (exact) mass is 305 g/mol. The lowest BCUT2D eigenvalue weighted by Crippen LogP contribution is -2.27. The SMILES string of the molecule is CN(C)C(CNc1nc2ccccn2c1C#N)c1ccccc1. The van der Waals surface area contributed by atoms with Crippen molar-refractivity contribution in [3.05, 3.63) is 66.0 Å². The Bertz CT molecular complexity index is 829. The minimum atomic E-state index is 0.201. The molecule has 1 unspecified atom stereocenters. The molecular weight excluding hydrogens is 286 g/mol. The third-order valence-corrected chi connectivity index (χ3v) is 3.91. The average molecular weight is 305 g/mol. The summed E-state index contributed by atoms with van der Waals surface area (Å²) in [5.41, 5.74) is 2.53. The quantitative estimate of drug-likeness (QED) is 0.787. The van der Waals surface area contributed by atoms with Crippen LogP contribution in [-0.2, 0) is 0 Å². The van der Waals surface area contributed by atoms with Crippen molar-refractivity contribution in [3.8, 4) is 6.07 Å². The van der Waals surface area contributed by atoms with E-state index >= 15 is 0 Å². The molecule has 0 bridgehead atoms. The van der Waals surface area contributed by atoms with Crippen LogP contribution in [0.3, 0.4) is 0 Å². The number of benzene rings is 1. The van der Waals surface area contributed by atoms with Gasteiger partial charge in [0.25, 0.3) is 0 Å². The summed E-state index contributed by atoms with van der Waals surface area (Å²) in [6, 6.07) is 18.5. The zero-order chi connectivity index (χ0) is 16.2. The van der Waals surface area contributed by atoms with Crippen LogP contribution < -0.4 is 5.32 Å². The molecule has 0 aliphatic rings. The van der Waals surface area contributed by atoms with Crippen molar-refractivity contribution in [1.82, 2.24) is 14.3 Å². The van der Waals surface area contributed by atoms with Gasteiger partial charge in [-0.05, 0) is 31.8 Å². The fourth-order valence-corrected chi connectivity index (χ4v) is 2.69. The van der Waals surface area contributed by atoms with Gasteiger partial charge in [-0.2, -0.15) is 5.26 Å². The number of nitrogens with zero attached hydrogens (tertiary/aromatic N) is 4. The third kappa shape index (κ3) is 3.03. The molecule has 3 rings (SSSR count). The van der Waals surface area contributed by atoms with Crippen molar-refractivity contribution >= 4 is 11.5 Å². The summed E-state index contributed by atoms with van der Waals surface area (Å²) in [5.74, 6) is 0.626. The zero-order valence-electron chi connectivity index (χ0n) is 13.3. The molecular formula is C18H19N5. The van der Waals surface area contributed by atoms with Crippen molar-refractivity contribution in [1.29, 1.82) is 5.26 Å². The first-order valence-corrected chi connectivity index (χ1v) is 7.53. The second kappa shape index (κ2) is 6.51. The number of nitrogens with one attached hydrogen (secondary N) is 1. The summed E-state index contributed by atoms with van der Waals surface area (Å²) in [7, 11) is 4.10. The van der Waals surface area contributed by atoms with E-state index in [2.05, 4.69) is 33.4 Å². The molecule has 0 fully saturated rings. The van der Waals surface area contributed by atoms with Crippen LogP contribution >= 0.6 is 0 Å². The Balaban J connectivity index is 1.86. The zero-order valence-corrected chi connectivity index (χ0v) is 13.3. The van der Waals surface area contributed by atoms with Crippen LogP contribution in [0, 0.1) is 11.3 Å². The normalized spacial score (nSPS) is 12.3. The van der Waals surface area contributed by atoms with Crippen LogP contribution in [0.2, 0.25) is 0 Å². The van der Waals surface area contributed by atoms with Gasteiger partial charge in [0.15, 0.2) is 11.5 Å². The van der Waals surface area contributed by atoms with Crippen molar-refractivity contribution < 1.29 is 0 Å². The van der Waals surface area contributed by atoms with Gasteiger partial charge in [0.1, 0.15) is 11.7 Å². The predicted molar refractivity (Wildman–Crippen MR) is 91.3 cm³/mol. The van der Waals surface area contributed by atoms with Gasteiger partial charge in [-0.1, -0.05) is 36.4 Å². The summed E-state index contributed by atoms with van der Waals surface area (Å²) in [5, 5.41) is 12.8. The van der Waals surface area contributed by atoms with Gasteiger partial charge < -0.3 is 10.2 Å². The number of hydrogen-bond acceptors (Lipinski definition) is 4. The second-order valence-corrected chi connectivity index (χ2v) is 5.62. The molecule has 23 heavy (non-hydrogen) atoms. The fourth-order valence-electron chi connectivity index (χ4n) is 2.69. The van der Waals surface area contributed by atoms with Crippen molar-refractivity contribution in [2.24, 2.45) is 0 Å². The molecule has 5 nitrogen and oxygen atoms in total. The molecule has 2 aromatic heterocycles. The lowest BCUT2D eigenvalue weighted by atomic mass is 10.1. The summed E-state index contributed by atoms with van der Waals surface area (Å²) >= 11 is 0. The Hall–Kier alpha value is -2.84. The van der Waals surface area contributed by atoms with Gasteiger partial charge in [0.2, 0.25) is 0 Å². The van der Waals surface area contributed by atoms with Crippen LogP contribution in [0.15, 0.2) is 54.7 Å². The van der Waals surface area contributed by atoms with Gasteiger partial charge in [-0.25, -0.2) is 4.98 Å². The van der Waals surface area contributed by atoms with E-state index in [4.69, 9.17) is 0 Å². The molecule has 5 heteroatoms. The highest BCUT2D eigenvalue weighted by molar-refractivity contribution is 5.59. The maximum atomic E-state index is 9.44. The van der Waals surface area contributed by atoms with E-state index in [1.165, 1.54) is 5.56 Å². The van der Waals surface area contributed by atoms with Crippen molar-refractivity contribution in [3.63, 3.8) is 0 Å². The minimum absolute atomic E-state index is 0.201. The van der Waals surface area contributed by atoms with Crippen molar-refractivity contribution in [2.45, 2.75) is 6.04 Å². The fraction of sp³-hybridized carbons (Fsp3) is 0.222. The molecule has 1 atom stereocenters. The van der Waals surface area contributed by atoms with Crippen LogP contribution in [-0.4, -0.2) is 34.9 Å². The van der Waals surface area contributed by atoms with Gasteiger partial charge in [0.05, 0.1) is 6.04 Å². The van der Waals surface area contributed by atoms with Gasteiger partial charge in [-0.15, -0.1) is 0 Å². The highest BCUT2D eigenvalue weighted by atomic mass is 15.2. The first kappa shape index (κ1) is 15.1. The molecule has 3 aromatic rings. The van der Waals surface area contributed by atoms with Crippen molar-refractivity contribution in [2.75, 3.05) is 26.0 Å². The number of pyridine rings is 1. The Labute approximate surface area is 135 Å². The largest absolute Gasteiger partial charge is 0.366 e. The molecule has 0 saturated heterocycles. The van der Waals surface area contributed by atoms with Crippen LogP contribution in [0.25, 0.3) is 5.65 Å². The smallest absolute Gasteiger partial charge is 0.168 e. The first-order chi connectivity index (χ1) is 11.2. The molecule has 116 valence electrons. The number of nitriles is 1. The summed E-state index contributed by atoms with van der Waals surface area (Å²) in [4.78, 5) is 6.68. The van der Waals surface area contributed by atoms with E-state index in [0.29, 0.717) is 18.1 Å². The predicted octanol–water partition coefficient (Wildman–Crippen LogP) is 2.92. The topological polar surface area (TPSA) is 56.4 Å². The Kier molecular flexibility index (Phi) is 4.26. The molecule has 0 radical (unpaired) electrons. The summed E-state index contributed by atoms with van der Waals surface area (Å²) < 4.78 is 1.80. The van der Waals surface area contributed by atoms with Crippen LogP contribution in [0.1, 0.15) is 17.3 Å². The first-order valence-electron chi connectivity index (χ1n) is 7.53. The Morgan fingerprint density at radius 3 is 2.61 bits per heavy atom. The minimum Gasteiger partial charge on any atom is -0.366 e. The van der Waals surface area contributed by atoms with Crippen LogP contribution in [0.5, 0.6) is 0 Å². The molecule has 0 spiro atoms. The summed E-state index contributed by atoms with van der Waals surface area (Å²) in [6.45, 7) is 0.676. The van der Waals surface area contributed by atoms with E-state index < -0.39 is 0 Å².